The van der Waals surface area contributed by atoms with Gasteiger partial charge >= 0.3 is 0 Å². The molecule has 2 aromatic rings. The second-order valence-corrected chi connectivity index (χ2v) is 5.96. The van der Waals surface area contributed by atoms with Crippen molar-refractivity contribution in [2.45, 2.75) is 32.3 Å². The van der Waals surface area contributed by atoms with Crippen molar-refractivity contribution in [3.63, 3.8) is 0 Å². The molecule has 1 aliphatic rings. The predicted octanol–water partition coefficient (Wildman–Crippen LogP) is 3.20. The Morgan fingerprint density at radius 2 is 2.19 bits per heavy atom. The number of hydrogen-bond acceptors (Lipinski definition) is 5. The van der Waals surface area contributed by atoms with Crippen molar-refractivity contribution in [2.75, 3.05) is 11.9 Å². The van der Waals surface area contributed by atoms with Gasteiger partial charge in [0, 0.05) is 12.2 Å². The Bertz CT molecular complexity index is 618. The number of nitrogens with one attached hydrogen (secondary N) is 1. The van der Waals surface area contributed by atoms with Gasteiger partial charge in [0.05, 0.1) is 0 Å². The molecule has 0 unspecified atom stereocenters. The van der Waals surface area contributed by atoms with Crippen molar-refractivity contribution < 1.29 is 9.53 Å². The Morgan fingerprint density at radius 1 is 1.38 bits per heavy atom. The van der Waals surface area contributed by atoms with Crippen molar-refractivity contribution in [3.8, 4) is 0 Å². The first-order valence-electron chi connectivity index (χ1n) is 7.11. The first-order chi connectivity index (χ1) is 10.3. The number of benzene rings is 1. The smallest absolute Gasteiger partial charge is 0.257 e. The standard InChI is InChI=1S/C15H17N3O2S/c1-2-10-5-7-11(8-6-10)13(19)16-15-18-17-14(21-15)12-4-3-9-20-12/h5-8,12H,2-4,9H2,1H3,(H,16,18,19)/t12-/m0/s1. The van der Waals surface area contributed by atoms with E-state index in [0.717, 1.165) is 30.9 Å². The number of amides is 1. The highest BCUT2D eigenvalue weighted by Gasteiger charge is 2.22. The SMILES string of the molecule is CCc1ccc(C(=O)Nc2nnc([C@@H]3CCCO3)s2)cc1. The third-order valence-electron chi connectivity index (χ3n) is 3.49. The Morgan fingerprint density at radius 3 is 2.86 bits per heavy atom. The van der Waals surface area contributed by atoms with Crippen LogP contribution in [0.2, 0.25) is 0 Å². The van der Waals surface area contributed by atoms with E-state index in [0.29, 0.717) is 10.7 Å². The maximum atomic E-state index is 12.1. The summed E-state index contributed by atoms with van der Waals surface area (Å²) in [6.07, 6.45) is 3.02. The number of hydrogen-bond donors (Lipinski definition) is 1. The van der Waals surface area contributed by atoms with E-state index in [4.69, 9.17) is 4.74 Å². The largest absolute Gasteiger partial charge is 0.371 e. The number of aromatic nitrogens is 2. The van der Waals surface area contributed by atoms with Gasteiger partial charge in [-0.25, -0.2) is 0 Å². The highest BCUT2D eigenvalue weighted by molar-refractivity contribution is 7.15. The molecule has 6 heteroatoms. The van der Waals surface area contributed by atoms with Gasteiger partial charge in [-0.15, -0.1) is 10.2 Å². The topological polar surface area (TPSA) is 64.1 Å². The molecule has 21 heavy (non-hydrogen) atoms. The molecule has 0 bridgehead atoms. The number of carbonyl (C=O) groups excluding carboxylic acids is 1. The van der Waals surface area contributed by atoms with Crippen LogP contribution in [0.25, 0.3) is 0 Å². The molecular formula is C15H17N3O2S. The lowest BCUT2D eigenvalue weighted by molar-refractivity contribution is 0.102. The van der Waals surface area contributed by atoms with Gasteiger partial charge in [0.2, 0.25) is 5.13 Å². The normalized spacial score (nSPS) is 17.9. The number of rotatable bonds is 4. The Hall–Kier alpha value is -1.79. The monoisotopic (exact) mass is 303 g/mol. The quantitative estimate of drug-likeness (QED) is 0.942. The molecule has 1 atom stereocenters. The zero-order valence-corrected chi connectivity index (χ0v) is 12.7. The van der Waals surface area contributed by atoms with E-state index in [2.05, 4.69) is 22.4 Å². The molecule has 0 aliphatic carbocycles. The van der Waals surface area contributed by atoms with Crippen molar-refractivity contribution >= 4 is 22.4 Å². The molecule has 1 aromatic carbocycles. The first-order valence-corrected chi connectivity index (χ1v) is 7.93. The van der Waals surface area contributed by atoms with Crippen LogP contribution >= 0.6 is 11.3 Å². The van der Waals surface area contributed by atoms with Crippen LogP contribution in [0.4, 0.5) is 5.13 Å². The average Bonchev–Trinajstić information content (AvgIpc) is 3.18. The summed E-state index contributed by atoms with van der Waals surface area (Å²) in [6.45, 7) is 2.86. The van der Waals surface area contributed by atoms with Crippen LogP contribution in [-0.4, -0.2) is 22.7 Å². The van der Waals surface area contributed by atoms with E-state index in [1.54, 1.807) is 0 Å². The molecule has 0 saturated carbocycles. The van der Waals surface area contributed by atoms with Gasteiger partial charge < -0.3 is 4.74 Å². The Labute approximate surface area is 127 Å². The lowest BCUT2D eigenvalue weighted by Gasteiger charge is -2.03. The molecule has 1 aliphatic heterocycles. The van der Waals surface area contributed by atoms with Gasteiger partial charge in [-0.05, 0) is 37.0 Å². The van der Waals surface area contributed by atoms with Crippen molar-refractivity contribution in [1.82, 2.24) is 10.2 Å². The van der Waals surface area contributed by atoms with Gasteiger partial charge in [0.1, 0.15) is 11.1 Å². The van der Waals surface area contributed by atoms with E-state index in [9.17, 15) is 4.79 Å². The van der Waals surface area contributed by atoms with E-state index in [-0.39, 0.29) is 12.0 Å². The second-order valence-electron chi connectivity index (χ2n) is 4.95. The molecule has 1 amide bonds. The molecule has 0 radical (unpaired) electrons. The van der Waals surface area contributed by atoms with Crippen LogP contribution in [0.3, 0.4) is 0 Å². The molecule has 1 N–H and O–H groups in total. The number of nitrogens with zero attached hydrogens (tertiary/aromatic N) is 2. The molecule has 0 spiro atoms. The van der Waals surface area contributed by atoms with E-state index >= 15 is 0 Å². The summed E-state index contributed by atoms with van der Waals surface area (Å²) in [4.78, 5) is 12.1. The van der Waals surface area contributed by atoms with Gasteiger partial charge in [0.25, 0.3) is 5.91 Å². The summed E-state index contributed by atoms with van der Waals surface area (Å²) in [5.41, 5.74) is 1.84. The summed E-state index contributed by atoms with van der Waals surface area (Å²) in [5.74, 6) is -0.160. The van der Waals surface area contributed by atoms with Crippen LogP contribution in [0.15, 0.2) is 24.3 Å². The fourth-order valence-corrected chi connectivity index (χ4v) is 3.07. The molecule has 2 heterocycles. The van der Waals surface area contributed by atoms with Crippen molar-refractivity contribution in [1.29, 1.82) is 0 Å². The lowest BCUT2D eigenvalue weighted by Crippen LogP contribution is -2.11. The molecule has 5 nitrogen and oxygen atoms in total. The highest BCUT2D eigenvalue weighted by Crippen LogP contribution is 2.31. The van der Waals surface area contributed by atoms with Crippen LogP contribution in [0.1, 0.15) is 46.8 Å². The molecular weight excluding hydrogens is 286 g/mol. The maximum absolute atomic E-state index is 12.1. The zero-order chi connectivity index (χ0) is 14.7. The molecule has 1 aromatic heterocycles. The van der Waals surface area contributed by atoms with E-state index in [1.807, 2.05) is 24.3 Å². The van der Waals surface area contributed by atoms with Crippen molar-refractivity contribution in [3.05, 3.63) is 40.4 Å². The zero-order valence-electron chi connectivity index (χ0n) is 11.8. The summed E-state index contributed by atoms with van der Waals surface area (Å²) in [7, 11) is 0. The number of anilines is 1. The first kappa shape index (κ1) is 14.2. The number of aryl methyl sites for hydroxylation is 1. The predicted molar refractivity (Wildman–Crippen MR) is 81.6 cm³/mol. The molecule has 110 valence electrons. The minimum atomic E-state index is -0.160. The summed E-state index contributed by atoms with van der Waals surface area (Å²) in [5, 5.41) is 12.3. The molecule has 1 fully saturated rings. The number of carbonyl (C=O) groups is 1. The van der Waals surface area contributed by atoms with Gasteiger partial charge in [-0.2, -0.15) is 0 Å². The Kier molecular flexibility index (Phi) is 4.26. The van der Waals surface area contributed by atoms with Crippen LogP contribution in [-0.2, 0) is 11.2 Å². The van der Waals surface area contributed by atoms with E-state index < -0.39 is 0 Å². The van der Waals surface area contributed by atoms with Crippen LogP contribution in [0, 0.1) is 0 Å². The summed E-state index contributed by atoms with van der Waals surface area (Å²) < 4.78 is 5.56. The molecule has 1 saturated heterocycles. The van der Waals surface area contributed by atoms with Crippen LogP contribution in [0.5, 0.6) is 0 Å². The van der Waals surface area contributed by atoms with Crippen molar-refractivity contribution in [2.24, 2.45) is 0 Å². The number of ether oxygens (including phenoxy) is 1. The highest BCUT2D eigenvalue weighted by atomic mass is 32.1. The third-order valence-corrected chi connectivity index (χ3v) is 4.42. The van der Waals surface area contributed by atoms with E-state index in [1.165, 1.54) is 16.9 Å². The lowest BCUT2D eigenvalue weighted by atomic mass is 10.1. The maximum Gasteiger partial charge on any atom is 0.257 e. The van der Waals surface area contributed by atoms with Gasteiger partial charge in [0.15, 0.2) is 0 Å². The summed E-state index contributed by atoms with van der Waals surface area (Å²) in [6, 6.07) is 7.59. The van der Waals surface area contributed by atoms with Gasteiger partial charge in [-0.3, -0.25) is 10.1 Å². The minimum Gasteiger partial charge on any atom is -0.371 e. The third kappa shape index (κ3) is 3.28. The summed E-state index contributed by atoms with van der Waals surface area (Å²) >= 11 is 1.38. The van der Waals surface area contributed by atoms with Gasteiger partial charge in [-0.1, -0.05) is 30.4 Å². The molecule has 3 rings (SSSR count). The fraction of sp³-hybridized carbons (Fsp3) is 0.400. The second kappa shape index (κ2) is 6.32. The van der Waals surface area contributed by atoms with Crippen LogP contribution < -0.4 is 5.32 Å². The minimum absolute atomic E-state index is 0.0389. The Balaban J connectivity index is 1.66. The average molecular weight is 303 g/mol. The fourth-order valence-electron chi connectivity index (χ4n) is 2.25.